The molecule has 0 aliphatic carbocycles. The van der Waals surface area contributed by atoms with Gasteiger partial charge in [0.2, 0.25) is 0 Å². The van der Waals surface area contributed by atoms with Gasteiger partial charge in [-0.3, -0.25) is 23.9 Å². The average molecular weight is 603 g/mol. The first-order chi connectivity index (χ1) is 19.6. The largest absolute Gasteiger partial charge is 0.298 e. The number of Topliss-reactive ketones (excluding diaryl/α,β-unsaturated/α-hetero) is 1. The predicted octanol–water partition coefficient (Wildman–Crippen LogP) is 7.35. The summed E-state index contributed by atoms with van der Waals surface area (Å²) >= 11 is 9.10. The highest BCUT2D eigenvalue weighted by molar-refractivity contribution is 7.98. The minimum Gasteiger partial charge on any atom is -0.298 e. The van der Waals surface area contributed by atoms with Crippen molar-refractivity contribution in [1.82, 2.24) is 19.3 Å². The van der Waals surface area contributed by atoms with Crippen LogP contribution in [0, 0.1) is 5.41 Å². The van der Waals surface area contributed by atoms with Crippen molar-refractivity contribution in [3.05, 3.63) is 110 Å². The molecule has 0 fully saturated rings. The van der Waals surface area contributed by atoms with Crippen LogP contribution in [0.5, 0.6) is 0 Å². The van der Waals surface area contributed by atoms with E-state index in [2.05, 4.69) is 4.98 Å². The van der Waals surface area contributed by atoms with Gasteiger partial charge in [-0.05, 0) is 36.4 Å². The molecule has 1 aromatic carbocycles. The fourth-order valence-corrected chi connectivity index (χ4v) is 6.34. The van der Waals surface area contributed by atoms with Gasteiger partial charge < -0.3 is 0 Å². The van der Waals surface area contributed by atoms with Gasteiger partial charge in [0.05, 0.1) is 28.0 Å². The minimum atomic E-state index is -0.685. The Morgan fingerprint density at radius 2 is 1.71 bits per heavy atom. The lowest BCUT2D eigenvalue weighted by Gasteiger charge is -2.17. The van der Waals surface area contributed by atoms with E-state index in [9.17, 15) is 14.4 Å². The third-order valence-corrected chi connectivity index (χ3v) is 8.72. The Morgan fingerprint density at radius 1 is 0.951 bits per heavy atom. The van der Waals surface area contributed by atoms with Crippen LogP contribution in [-0.2, 0) is 12.3 Å². The fraction of sp³-hybridized carbons (Fsp3) is 0.194. The van der Waals surface area contributed by atoms with Gasteiger partial charge in [-0.2, -0.15) is 9.78 Å². The van der Waals surface area contributed by atoms with E-state index >= 15 is 0 Å². The van der Waals surface area contributed by atoms with Gasteiger partial charge in [0, 0.05) is 39.4 Å². The Balaban J connectivity index is 1.64. The molecule has 4 heterocycles. The summed E-state index contributed by atoms with van der Waals surface area (Å²) in [5, 5.41) is 5.42. The third kappa shape index (κ3) is 6.43. The molecule has 7 nitrogen and oxygen atoms in total. The van der Waals surface area contributed by atoms with Crippen molar-refractivity contribution in [2.75, 3.05) is 0 Å². The lowest BCUT2D eigenvalue weighted by Crippen LogP contribution is -2.28. The SMILES string of the molecule is CC(C)(C)C(=O)n1nc(-c2ccc(=O)n(CC(=O)c3ccccc3)c2-c2ccccn2)cc1SCc1ccc(Cl)s1. The van der Waals surface area contributed by atoms with Crippen molar-refractivity contribution < 1.29 is 9.59 Å². The highest BCUT2D eigenvalue weighted by atomic mass is 35.5. The maximum atomic E-state index is 13.5. The summed E-state index contributed by atoms with van der Waals surface area (Å²) in [5.74, 6) is 0.238. The quantitative estimate of drug-likeness (QED) is 0.136. The predicted molar refractivity (Wildman–Crippen MR) is 165 cm³/mol. The van der Waals surface area contributed by atoms with Crippen molar-refractivity contribution in [3.63, 3.8) is 0 Å². The minimum absolute atomic E-state index is 0.164. The number of thioether (sulfide) groups is 1. The Labute approximate surface area is 250 Å². The molecule has 0 aliphatic rings. The van der Waals surface area contributed by atoms with E-state index in [1.54, 1.807) is 48.7 Å². The summed E-state index contributed by atoms with van der Waals surface area (Å²) in [7, 11) is 0. The van der Waals surface area contributed by atoms with Crippen molar-refractivity contribution in [3.8, 4) is 22.6 Å². The molecule has 0 bridgehead atoms. The van der Waals surface area contributed by atoms with E-state index in [1.165, 1.54) is 38.4 Å². The second-order valence-electron chi connectivity index (χ2n) is 10.4. The first-order valence-electron chi connectivity index (χ1n) is 12.9. The molecular formula is C31H27ClN4O3S2. The van der Waals surface area contributed by atoms with Crippen molar-refractivity contribution in [2.45, 2.75) is 38.1 Å². The Morgan fingerprint density at radius 3 is 2.37 bits per heavy atom. The molecule has 0 saturated heterocycles. The number of pyridine rings is 2. The molecule has 0 unspecified atom stereocenters. The Kier molecular flexibility index (Phi) is 8.40. The number of thiophene rings is 1. The van der Waals surface area contributed by atoms with Crippen LogP contribution in [0.4, 0.5) is 0 Å². The zero-order valence-corrected chi connectivity index (χ0v) is 25.1. The van der Waals surface area contributed by atoms with Crippen LogP contribution in [0.2, 0.25) is 4.34 Å². The lowest BCUT2D eigenvalue weighted by atomic mass is 9.96. The van der Waals surface area contributed by atoms with Crippen molar-refractivity contribution >= 4 is 46.4 Å². The van der Waals surface area contributed by atoms with Crippen LogP contribution in [0.15, 0.2) is 94.9 Å². The molecule has 0 amide bonds. The van der Waals surface area contributed by atoms with Crippen LogP contribution >= 0.6 is 34.7 Å². The normalized spacial score (nSPS) is 11.5. The summed E-state index contributed by atoms with van der Waals surface area (Å²) < 4.78 is 3.56. The Bertz CT molecular complexity index is 1770. The molecule has 0 atom stereocenters. The zero-order valence-electron chi connectivity index (χ0n) is 22.7. The van der Waals surface area contributed by atoms with Crippen molar-refractivity contribution in [2.24, 2.45) is 5.41 Å². The third-order valence-electron chi connectivity index (χ3n) is 6.27. The monoisotopic (exact) mass is 602 g/mol. The first kappa shape index (κ1) is 28.7. The zero-order chi connectivity index (χ0) is 29.1. The number of nitrogens with zero attached hydrogens (tertiary/aromatic N) is 4. The standard InChI is InChI=1S/C31H27ClN4O3S2/c1-31(2,3)30(39)36-28(40-19-21-12-14-26(32)41-21)17-24(34-36)22-13-15-27(38)35(29(22)23-11-7-8-16-33-23)18-25(37)20-9-5-4-6-10-20/h4-17H,18-19H2,1-3H3. The molecule has 4 aromatic heterocycles. The van der Waals surface area contributed by atoms with E-state index in [1.807, 2.05) is 51.1 Å². The first-order valence-corrected chi connectivity index (χ1v) is 15.1. The number of carbonyl (C=O) groups is 2. The van der Waals surface area contributed by atoms with Crippen LogP contribution < -0.4 is 5.56 Å². The summed E-state index contributed by atoms with van der Waals surface area (Å²) in [6.07, 6.45) is 1.63. The summed E-state index contributed by atoms with van der Waals surface area (Å²) in [4.78, 5) is 45.5. The van der Waals surface area contributed by atoms with Crippen LogP contribution in [0.25, 0.3) is 22.6 Å². The molecule has 0 saturated carbocycles. The van der Waals surface area contributed by atoms with Gasteiger partial charge in [-0.25, -0.2) is 0 Å². The number of aromatic nitrogens is 4. The van der Waals surface area contributed by atoms with Crippen LogP contribution in [0.1, 0.15) is 40.8 Å². The van der Waals surface area contributed by atoms with Gasteiger partial charge in [0.15, 0.2) is 5.78 Å². The lowest BCUT2D eigenvalue weighted by molar-refractivity contribution is 0.0736. The summed E-state index contributed by atoms with van der Waals surface area (Å²) in [5.41, 5.74) is 1.53. The summed E-state index contributed by atoms with van der Waals surface area (Å²) in [6.45, 7) is 5.36. The number of hydrogen-bond acceptors (Lipinski definition) is 7. The Hall–Kier alpha value is -3.79. The van der Waals surface area contributed by atoms with E-state index in [0.29, 0.717) is 43.3 Å². The van der Waals surface area contributed by atoms with Crippen molar-refractivity contribution in [1.29, 1.82) is 0 Å². The maximum Gasteiger partial charge on any atom is 0.253 e. The second-order valence-corrected chi connectivity index (χ2v) is 13.1. The van der Waals surface area contributed by atoms with E-state index in [-0.39, 0.29) is 23.8 Å². The molecule has 5 rings (SSSR count). The second kappa shape index (κ2) is 12.0. The average Bonchev–Trinajstić information content (AvgIpc) is 3.58. The van der Waals surface area contributed by atoms with E-state index < -0.39 is 5.41 Å². The number of benzene rings is 1. The molecule has 10 heteroatoms. The van der Waals surface area contributed by atoms with Crippen LogP contribution in [-0.4, -0.2) is 31.0 Å². The number of hydrogen-bond donors (Lipinski definition) is 0. The van der Waals surface area contributed by atoms with Gasteiger partial charge >= 0.3 is 0 Å². The molecule has 0 spiro atoms. The highest BCUT2D eigenvalue weighted by Gasteiger charge is 2.28. The molecule has 5 aromatic rings. The molecular weight excluding hydrogens is 576 g/mol. The summed E-state index contributed by atoms with van der Waals surface area (Å²) in [6, 6.07) is 23.0. The van der Waals surface area contributed by atoms with Gasteiger partial charge in [-0.15, -0.1) is 23.1 Å². The number of rotatable bonds is 8. The molecule has 0 radical (unpaired) electrons. The van der Waals surface area contributed by atoms with Gasteiger partial charge in [0.1, 0.15) is 5.03 Å². The molecule has 0 N–H and O–H groups in total. The molecule has 208 valence electrons. The molecule has 41 heavy (non-hydrogen) atoms. The van der Waals surface area contributed by atoms with Crippen LogP contribution in [0.3, 0.4) is 0 Å². The van der Waals surface area contributed by atoms with E-state index in [0.717, 1.165) is 4.88 Å². The highest BCUT2D eigenvalue weighted by Crippen LogP contribution is 2.35. The smallest absolute Gasteiger partial charge is 0.253 e. The maximum absolute atomic E-state index is 13.5. The number of carbonyl (C=O) groups excluding carboxylic acids is 2. The topological polar surface area (TPSA) is 86.9 Å². The fourth-order valence-electron chi connectivity index (χ4n) is 4.22. The number of halogens is 1. The number of ketones is 1. The van der Waals surface area contributed by atoms with Gasteiger partial charge in [-0.1, -0.05) is 68.8 Å². The van der Waals surface area contributed by atoms with Gasteiger partial charge in [0.25, 0.3) is 11.5 Å². The molecule has 0 aliphatic heterocycles. The van der Waals surface area contributed by atoms with E-state index in [4.69, 9.17) is 16.7 Å².